The summed E-state index contributed by atoms with van der Waals surface area (Å²) in [7, 11) is 0. The molecule has 0 radical (unpaired) electrons. The lowest BCUT2D eigenvalue weighted by Crippen LogP contribution is -2.42. The van der Waals surface area contributed by atoms with Gasteiger partial charge < -0.3 is 10.2 Å². The standard InChI is InChI=1S/C8H12O4/c9-6-3-1-2-4-8(6,12)5-7(10)11/h12H,1-5H2,(H,10,11)/t8-/m1/s1. The molecule has 1 aliphatic rings. The van der Waals surface area contributed by atoms with Gasteiger partial charge in [-0.3, -0.25) is 9.59 Å². The number of rotatable bonds is 2. The first-order chi connectivity index (χ1) is 5.54. The van der Waals surface area contributed by atoms with E-state index in [1.165, 1.54) is 0 Å². The highest BCUT2D eigenvalue weighted by molar-refractivity contribution is 5.91. The van der Waals surface area contributed by atoms with Gasteiger partial charge in [-0.05, 0) is 19.3 Å². The van der Waals surface area contributed by atoms with Gasteiger partial charge in [0.2, 0.25) is 0 Å². The summed E-state index contributed by atoms with van der Waals surface area (Å²) in [6.45, 7) is 0. The van der Waals surface area contributed by atoms with Crippen LogP contribution in [0.15, 0.2) is 0 Å². The molecule has 0 aromatic carbocycles. The first-order valence-electron chi connectivity index (χ1n) is 4.02. The quantitative estimate of drug-likeness (QED) is 0.629. The number of hydrogen-bond donors (Lipinski definition) is 2. The Balaban J connectivity index is 2.66. The van der Waals surface area contributed by atoms with Crippen molar-refractivity contribution in [2.45, 2.75) is 37.7 Å². The van der Waals surface area contributed by atoms with Gasteiger partial charge in [-0.1, -0.05) is 0 Å². The van der Waals surface area contributed by atoms with E-state index in [9.17, 15) is 14.7 Å². The fraction of sp³-hybridized carbons (Fsp3) is 0.750. The lowest BCUT2D eigenvalue weighted by atomic mass is 9.81. The molecule has 1 fully saturated rings. The highest BCUT2D eigenvalue weighted by Gasteiger charge is 2.39. The lowest BCUT2D eigenvalue weighted by molar-refractivity contribution is -0.153. The highest BCUT2D eigenvalue weighted by atomic mass is 16.4. The van der Waals surface area contributed by atoms with Crippen LogP contribution in [0.25, 0.3) is 0 Å². The van der Waals surface area contributed by atoms with Crippen molar-refractivity contribution in [3.8, 4) is 0 Å². The van der Waals surface area contributed by atoms with Crippen LogP contribution in [0.3, 0.4) is 0 Å². The van der Waals surface area contributed by atoms with E-state index >= 15 is 0 Å². The van der Waals surface area contributed by atoms with Crippen LogP contribution in [0, 0.1) is 0 Å². The Morgan fingerprint density at radius 1 is 1.50 bits per heavy atom. The summed E-state index contributed by atoms with van der Waals surface area (Å²) in [5.41, 5.74) is -1.58. The molecular formula is C8H12O4. The van der Waals surface area contributed by atoms with Gasteiger partial charge in [-0.25, -0.2) is 0 Å². The van der Waals surface area contributed by atoms with Gasteiger partial charge in [0.15, 0.2) is 5.78 Å². The summed E-state index contributed by atoms with van der Waals surface area (Å²) >= 11 is 0. The Bertz CT molecular complexity index is 211. The van der Waals surface area contributed by atoms with Crippen LogP contribution >= 0.6 is 0 Å². The average molecular weight is 172 g/mol. The third kappa shape index (κ3) is 1.82. The average Bonchev–Trinajstić information content (AvgIpc) is 1.94. The summed E-state index contributed by atoms with van der Waals surface area (Å²) in [4.78, 5) is 21.4. The number of carbonyl (C=O) groups is 2. The van der Waals surface area contributed by atoms with Gasteiger partial charge in [-0.15, -0.1) is 0 Å². The molecule has 12 heavy (non-hydrogen) atoms. The summed E-state index contributed by atoms with van der Waals surface area (Å²) in [6, 6.07) is 0. The number of ketones is 1. The Morgan fingerprint density at radius 2 is 2.17 bits per heavy atom. The molecule has 0 spiro atoms. The number of carboxylic acid groups (broad SMARTS) is 1. The van der Waals surface area contributed by atoms with Crippen LogP contribution < -0.4 is 0 Å². The minimum Gasteiger partial charge on any atom is -0.481 e. The summed E-state index contributed by atoms with van der Waals surface area (Å²) in [6.07, 6.45) is 1.64. The first-order valence-corrected chi connectivity index (χ1v) is 4.02. The van der Waals surface area contributed by atoms with E-state index in [-0.39, 0.29) is 12.2 Å². The second kappa shape index (κ2) is 3.23. The SMILES string of the molecule is O=C(O)C[C@]1(O)CCCCC1=O. The molecule has 0 bridgehead atoms. The van der Waals surface area contributed by atoms with Gasteiger partial charge in [0.05, 0.1) is 6.42 Å². The fourth-order valence-corrected chi connectivity index (χ4v) is 1.51. The monoisotopic (exact) mass is 172 g/mol. The van der Waals surface area contributed by atoms with Crippen LogP contribution in [-0.2, 0) is 9.59 Å². The Kier molecular flexibility index (Phi) is 2.47. The number of carbonyl (C=O) groups excluding carboxylic acids is 1. The summed E-state index contributed by atoms with van der Waals surface area (Å²) in [5, 5.41) is 18.0. The van der Waals surface area contributed by atoms with Crippen molar-refractivity contribution in [2.24, 2.45) is 0 Å². The molecule has 1 aliphatic carbocycles. The zero-order chi connectivity index (χ0) is 9.19. The van der Waals surface area contributed by atoms with Crippen molar-refractivity contribution in [2.75, 3.05) is 0 Å². The molecule has 1 saturated carbocycles. The molecular weight excluding hydrogens is 160 g/mol. The molecule has 68 valence electrons. The molecule has 0 aromatic rings. The Morgan fingerprint density at radius 3 is 2.67 bits per heavy atom. The molecule has 4 nitrogen and oxygen atoms in total. The van der Waals surface area contributed by atoms with Crippen molar-refractivity contribution in [3.63, 3.8) is 0 Å². The normalized spacial score (nSPS) is 30.2. The largest absolute Gasteiger partial charge is 0.481 e. The molecule has 2 N–H and O–H groups in total. The maximum atomic E-state index is 11.1. The molecule has 0 saturated heterocycles. The van der Waals surface area contributed by atoms with Crippen LogP contribution in [0.4, 0.5) is 0 Å². The number of hydrogen-bond acceptors (Lipinski definition) is 3. The maximum absolute atomic E-state index is 11.1. The van der Waals surface area contributed by atoms with Crippen LogP contribution in [-0.4, -0.2) is 27.6 Å². The number of Topliss-reactive ketones (excluding diaryl/α,β-unsaturated/α-hetero) is 1. The predicted octanol–water partition coefficient (Wildman–Crippen LogP) is 0.335. The van der Waals surface area contributed by atoms with E-state index in [1.807, 2.05) is 0 Å². The fourth-order valence-electron chi connectivity index (χ4n) is 1.51. The molecule has 0 aromatic heterocycles. The van der Waals surface area contributed by atoms with E-state index < -0.39 is 18.0 Å². The van der Waals surface area contributed by atoms with E-state index in [0.717, 1.165) is 12.8 Å². The van der Waals surface area contributed by atoms with Crippen molar-refractivity contribution in [1.82, 2.24) is 0 Å². The third-order valence-electron chi connectivity index (χ3n) is 2.21. The third-order valence-corrected chi connectivity index (χ3v) is 2.21. The lowest BCUT2D eigenvalue weighted by Gasteiger charge is -2.28. The van der Waals surface area contributed by atoms with Crippen LogP contribution in [0.5, 0.6) is 0 Å². The zero-order valence-electron chi connectivity index (χ0n) is 6.75. The minimum atomic E-state index is -1.58. The smallest absolute Gasteiger partial charge is 0.306 e. The van der Waals surface area contributed by atoms with Crippen molar-refractivity contribution in [1.29, 1.82) is 0 Å². The van der Waals surface area contributed by atoms with Gasteiger partial charge in [0, 0.05) is 6.42 Å². The van der Waals surface area contributed by atoms with Crippen LogP contribution in [0.1, 0.15) is 32.1 Å². The Hall–Kier alpha value is -0.900. The molecule has 0 amide bonds. The van der Waals surface area contributed by atoms with Crippen molar-refractivity contribution in [3.05, 3.63) is 0 Å². The number of carboxylic acids is 1. The Labute approximate surface area is 70.2 Å². The molecule has 1 atom stereocenters. The van der Waals surface area contributed by atoms with E-state index in [0.29, 0.717) is 6.42 Å². The highest BCUT2D eigenvalue weighted by Crippen LogP contribution is 2.27. The number of aliphatic hydroxyl groups is 1. The maximum Gasteiger partial charge on any atom is 0.306 e. The van der Waals surface area contributed by atoms with Gasteiger partial charge in [0.1, 0.15) is 5.60 Å². The summed E-state index contributed by atoms with van der Waals surface area (Å²) in [5.74, 6) is -1.44. The molecule has 0 aliphatic heterocycles. The van der Waals surface area contributed by atoms with Crippen LogP contribution in [0.2, 0.25) is 0 Å². The van der Waals surface area contributed by atoms with Gasteiger partial charge in [0.25, 0.3) is 0 Å². The predicted molar refractivity (Wildman–Crippen MR) is 40.7 cm³/mol. The minimum absolute atomic E-state index is 0.290. The zero-order valence-corrected chi connectivity index (χ0v) is 6.75. The molecule has 4 heteroatoms. The van der Waals surface area contributed by atoms with E-state index in [4.69, 9.17) is 5.11 Å². The second-order valence-electron chi connectivity index (χ2n) is 3.23. The van der Waals surface area contributed by atoms with E-state index in [2.05, 4.69) is 0 Å². The molecule has 1 rings (SSSR count). The van der Waals surface area contributed by atoms with Crippen molar-refractivity contribution < 1.29 is 19.8 Å². The van der Waals surface area contributed by atoms with Gasteiger partial charge >= 0.3 is 5.97 Å². The summed E-state index contributed by atoms with van der Waals surface area (Å²) < 4.78 is 0. The first kappa shape index (κ1) is 9.19. The molecule has 0 unspecified atom stereocenters. The topological polar surface area (TPSA) is 74.6 Å². The van der Waals surface area contributed by atoms with Gasteiger partial charge in [-0.2, -0.15) is 0 Å². The van der Waals surface area contributed by atoms with Crippen molar-refractivity contribution >= 4 is 11.8 Å². The number of aliphatic carboxylic acids is 1. The second-order valence-corrected chi connectivity index (χ2v) is 3.23. The molecule has 0 heterocycles. The van der Waals surface area contributed by atoms with E-state index in [1.54, 1.807) is 0 Å².